The van der Waals surface area contributed by atoms with Crippen molar-refractivity contribution in [1.29, 1.82) is 0 Å². The Morgan fingerprint density at radius 1 is 1.10 bits per heavy atom. The maximum atomic E-state index is 10.7. The molecule has 2 rings (SSSR count). The molecule has 3 heteroatoms. The SMILES string of the molecule is Cc1cc(C)c(C)c(OCc2ccc(C(=O)[O-])cc2)c1. The number of hydrogen-bond acceptors (Lipinski definition) is 3. The number of carbonyl (C=O) groups excluding carboxylic acids is 1. The second-order valence-electron chi connectivity index (χ2n) is 4.98. The van der Waals surface area contributed by atoms with Gasteiger partial charge in [0.15, 0.2) is 0 Å². The minimum atomic E-state index is -1.16. The summed E-state index contributed by atoms with van der Waals surface area (Å²) in [5, 5.41) is 10.7. The van der Waals surface area contributed by atoms with Crippen molar-refractivity contribution in [3.8, 4) is 5.75 Å². The summed E-state index contributed by atoms with van der Waals surface area (Å²) < 4.78 is 5.82. The average Bonchev–Trinajstić information content (AvgIpc) is 2.41. The summed E-state index contributed by atoms with van der Waals surface area (Å²) in [6.07, 6.45) is 0. The van der Waals surface area contributed by atoms with E-state index in [1.54, 1.807) is 12.1 Å². The first kappa shape index (κ1) is 14.1. The van der Waals surface area contributed by atoms with Gasteiger partial charge in [0.05, 0.1) is 5.97 Å². The molecule has 0 aliphatic rings. The van der Waals surface area contributed by atoms with E-state index in [-0.39, 0.29) is 5.56 Å². The maximum Gasteiger partial charge on any atom is 0.123 e. The van der Waals surface area contributed by atoms with E-state index in [1.807, 2.05) is 19.9 Å². The van der Waals surface area contributed by atoms with Crippen LogP contribution < -0.4 is 9.84 Å². The third-order valence-electron chi connectivity index (χ3n) is 3.35. The van der Waals surface area contributed by atoms with E-state index in [0.717, 1.165) is 22.4 Å². The molecular weight excluding hydrogens is 252 g/mol. The van der Waals surface area contributed by atoms with Crippen LogP contribution in [0.25, 0.3) is 0 Å². The van der Waals surface area contributed by atoms with Crippen LogP contribution in [0.3, 0.4) is 0 Å². The summed E-state index contributed by atoms with van der Waals surface area (Å²) in [4.78, 5) is 10.7. The molecule has 0 heterocycles. The molecule has 0 fully saturated rings. The van der Waals surface area contributed by atoms with Crippen molar-refractivity contribution in [3.63, 3.8) is 0 Å². The average molecular weight is 269 g/mol. The van der Waals surface area contributed by atoms with Crippen LogP contribution in [0.5, 0.6) is 5.75 Å². The highest BCUT2D eigenvalue weighted by Gasteiger charge is 2.04. The number of hydrogen-bond donors (Lipinski definition) is 0. The minimum Gasteiger partial charge on any atom is -0.545 e. The quantitative estimate of drug-likeness (QED) is 0.857. The lowest BCUT2D eigenvalue weighted by Gasteiger charge is -2.13. The third kappa shape index (κ3) is 3.18. The van der Waals surface area contributed by atoms with Gasteiger partial charge >= 0.3 is 0 Å². The number of carboxylic acids is 1. The number of benzene rings is 2. The van der Waals surface area contributed by atoms with Crippen LogP contribution >= 0.6 is 0 Å². The highest BCUT2D eigenvalue weighted by Crippen LogP contribution is 2.24. The molecule has 0 aliphatic heterocycles. The zero-order valence-electron chi connectivity index (χ0n) is 11.9. The van der Waals surface area contributed by atoms with Gasteiger partial charge in [-0.05, 0) is 54.7 Å². The van der Waals surface area contributed by atoms with Gasteiger partial charge in [0.25, 0.3) is 0 Å². The second kappa shape index (κ2) is 5.78. The maximum absolute atomic E-state index is 10.7. The normalized spacial score (nSPS) is 10.3. The van der Waals surface area contributed by atoms with Crippen molar-refractivity contribution < 1.29 is 14.6 Å². The highest BCUT2D eigenvalue weighted by atomic mass is 16.5. The molecule has 3 nitrogen and oxygen atoms in total. The van der Waals surface area contributed by atoms with E-state index in [2.05, 4.69) is 13.0 Å². The number of carbonyl (C=O) groups is 1. The summed E-state index contributed by atoms with van der Waals surface area (Å²) in [7, 11) is 0. The molecular formula is C17H17O3-. The Morgan fingerprint density at radius 3 is 2.35 bits per heavy atom. The topological polar surface area (TPSA) is 49.4 Å². The van der Waals surface area contributed by atoms with Gasteiger partial charge in [-0.1, -0.05) is 30.3 Å². The van der Waals surface area contributed by atoms with Gasteiger partial charge in [0.1, 0.15) is 12.4 Å². The number of carboxylic acid groups (broad SMARTS) is 1. The fourth-order valence-corrected chi connectivity index (χ4v) is 2.05. The Morgan fingerprint density at radius 2 is 1.75 bits per heavy atom. The molecule has 0 spiro atoms. The second-order valence-corrected chi connectivity index (χ2v) is 4.98. The first-order valence-corrected chi connectivity index (χ1v) is 6.48. The van der Waals surface area contributed by atoms with E-state index in [4.69, 9.17) is 4.74 Å². The molecule has 104 valence electrons. The van der Waals surface area contributed by atoms with Crippen LogP contribution in [0.1, 0.15) is 32.6 Å². The molecule has 0 saturated heterocycles. The molecule has 0 N–H and O–H groups in total. The molecule has 0 aliphatic carbocycles. The number of aryl methyl sites for hydroxylation is 2. The van der Waals surface area contributed by atoms with Crippen LogP contribution in [0.4, 0.5) is 0 Å². The van der Waals surface area contributed by atoms with E-state index in [9.17, 15) is 9.90 Å². The van der Waals surface area contributed by atoms with Crippen molar-refractivity contribution in [2.75, 3.05) is 0 Å². The highest BCUT2D eigenvalue weighted by molar-refractivity contribution is 5.85. The first-order valence-electron chi connectivity index (χ1n) is 6.48. The summed E-state index contributed by atoms with van der Waals surface area (Å²) >= 11 is 0. The Hall–Kier alpha value is -2.29. The van der Waals surface area contributed by atoms with Crippen molar-refractivity contribution in [1.82, 2.24) is 0 Å². The van der Waals surface area contributed by atoms with Gasteiger partial charge in [-0.2, -0.15) is 0 Å². The van der Waals surface area contributed by atoms with Crippen molar-refractivity contribution in [3.05, 3.63) is 64.2 Å². The number of ether oxygens (including phenoxy) is 1. The van der Waals surface area contributed by atoms with E-state index >= 15 is 0 Å². The van der Waals surface area contributed by atoms with Gasteiger partial charge in [0.2, 0.25) is 0 Å². The van der Waals surface area contributed by atoms with Gasteiger partial charge in [-0.3, -0.25) is 0 Å². The summed E-state index contributed by atoms with van der Waals surface area (Å²) in [6.45, 7) is 6.54. The van der Waals surface area contributed by atoms with Crippen LogP contribution in [-0.4, -0.2) is 5.97 Å². The number of aromatic carboxylic acids is 1. The first-order chi connectivity index (χ1) is 9.47. The van der Waals surface area contributed by atoms with Crippen LogP contribution in [-0.2, 0) is 6.61 Å². The molecule has 0 bridgehead atoms. The Kier molecular flexibility index (Phi) is 4.08. The largest absolute Gasteiger partial charge is 0.545 e. The molecule has 0 amide bonds. The molecule has 0 radical (unpaired) electrons. The van der Waals surface area contributed by atoms with Gasteiger partial charge in [-0.25, -0.2) is 0 Å². The van der Waals surface area contributed by atoms with Gasteiger partial charge in [0, 0.05) is 0 Å². The summed E-state index contributed by atoms with van der Waals surface area (Å²) in [6, 6.07) is 10.7. The summed E-state index contributed by atoms with van der Waals surface area (Å²) in [5.74, 6) is -0.297. The van der Waals surface area contributed by atoms with Crippen LogP contribution in [0.2, 0.25) is 0 Å². The van der Waals surface area contributed by atoms with Crippen LogP contribution in [0, 0.1) is 20.8 Å². The fourth-order valence-electron chi connectivity index (χ4n) is 2.05. The molecule has 2 aromatic rings. The lowest BCUT2D eigenvalue weighted by Crippen LogP contribution is -2.22. The van der Waals surface area contributed by atoms with Crippen LogP contribution in [0.15, 0.2) is 36.4 Å². The van der Waals surface area contributed by atoms with E-state index < -0.39 is 5.97 Å². The zero-order valence-corrected chi connectivity index (χ0v) is 11.9. The van der Waals surface area contributed by atoms with Gasteiger partial charge < -0.3 is 14.6 Å². The smallest absolute Gasteiger partial charge is 0.123 e. The Balaban J connectivity index is 2.11. The lowest BCUT2D eigenvalue weighted by atomic mass is 10.1. The molecule has 0 saturated carbocycles. The zero-order chi connectivity index (χ0) is 14.7. The fraction of sp³-hybridized carbons (Fsp3) is 0.235. The Labute approximate surface area is 118 Å². The third-order valence-corrected chi connectivity index (χ3v) is 3.35. The van der Waals surface area contributed by atoms with Gasteiger partial charge in [-0.15, -0.1) is 0 Å². The van der Waals surface area contributed by atoms with Crippen molar-refractivity contribution >= 4 is 5.97 Å². The molecule has 0 atom stereocenters. The van der Waals surface area contributed by atoms with E-state index in [1.165, 1.54) is 17.7 Å². The Bertz CT molecular complexity index is 627. The van der Waals surface area contributed by atoms with Crippen molar-refractivity contribution in [2.45, 2.75) is 27.4 Å². The molecule has 0 aromatic heterocycles. The standard InChI is InChI=1S/C17H18O3/c1-11-8-12(2)13(3)16(9-11)20-10-14-4-6-15(7-5-14)17(18)19/h4-9H,10H2,1-3H3,(H,18,19)/p-1. The predicted molar refractivity (Wildman–Crippen MR) is 75.8 cm³/mol. The monoisotopic (exact) mass is 269 g/mol. The molecule has 2 aromatic carbocycles. The number of rotatable bonds is 4. The molecule has 0 unspecified atom stereocenters. The molecule has 20 heavy (non-hydrogen) atoms. The summed E-state index contributed by atoms with van der Waals surface area (Å²) in [5.41, 5.74) is 4.59. The minimum absolute atomic E-state index is 0.177. The lowest BCUT2D eigenvalue weighted by molar-refractivity contribution is -0.255. The van der Waals surface area contributed by atoms with E-state index in [0.29, 0.717) is 6.61 Å². The predicted octanol–water partition coefficient (Wildman–Crippen LogP) is 2.55. The van der Waals surface area contributed by atoms with Crippen molar-refractivity contribution in [2.24, 2.45) is 0 Å².